The molecule has 1 unspecified atom stereocenters. The summed E-state index contributed by atoms with van der Waals surface area (Å²) in [6.45, 7) is 8.85. The van der Waals surface area contributed by atoms with Crippen LogP contribution in [0.2, 0.25) is 0 Å². The molecule has 1 atom stereocenters. The Balaban J connectivity index is 3.46. The van der Waals surface area contributed by atoms with Crippen molar-refractivity contribution in [3.8, 4) is 0 Å². The minimum atomic E-state index is 0.592. The van der Waals surface area contributed by atoms with Gasteiger partial charge in [-0.15, -0.1) is 0 Å². The molecule has 0 amide bonds. The zero-order chi connectivity index (χ0) is 9.40. The van der Waals surface area contributed by atoms with E-state index in [4.69, 9.17) is 5.73 Å². The van der Waals surface area contributed by atoms with E-state index in [0.29, 0.717) is 6.04 Å². The van der Waals surface area contributed by atoms with Gasteiger partial charge in [0.05, 0.1) is 0 Å². The molecule has 0 heterocycles. The predicted octanol–water partition coefficient (Wildman–Crippen LogP) is 2.02. The summed E-state index contributed by atoms with van der Waals surface area (Å²) in [4.78, 5) is 0. The van der Waals surface area contributed by atoms with Crippen molar-refractivity contribution < 1.29 is 0 Å². The van der Waals surface area contributed by atoms with Gasteiger partial charge in [-0.25, -0.2) is 0 Å². The highest BCUT2D eigenvalue weighted by molar-refractivity contribution is 4.87. The maximum absolute atomic E-state index is 5.42. The Morgan fingerprint density at radius 2 is 2.17 bits per heavy atom. The Morgan fingerprint density at radius 1 is 1.50 bits per heavy atom. The van der Waals surface area contributed by atoms with Gasteiger partial charge in [0, 0.05) is 11.7 Å². The molecule has 0 rings (SSSR count). The van der Waals surface area contributed by atoms with Crippen LogP contribution >= 0.6 is 0 Å². The van der Waals surface area contributed by atoms with E-state index in [9.17, 15) is 0 Å². The molecule has 0 aromatic rings. The van der Waals surface area contributed by atoms with Crippen LogP contribution in [-0.4, -0.2) is 12.6 Å². The van der Waals surface area contributed by atoms with E-state index >= 15 is 0 Å². The van der Waals surface area contributed by atoms with Gasteiger partial charge in [-0.05, 0) is 32.7 Å². The van der Waals surface area contributed by atoms with Crippen molar-refractivity contribution in [3.05, 3.63) is 12.3 Å². The van der Waals surface area contributed by atoms with E-state index in [1.54, 1.807) is 0 Å². The Labute approximate surface area is 76.2 Å². The fourth-order valence-corrected chi connectivity index (χ4v) is 1.26. The van der Waals surface area contributed by atoms with Crippen LogP contribution < -0.4 is 11.1 Å². The van der Waals surface area contributed by atoms with E-state index in [-0.39, 0.29) is 0 Å². The van der Waals surface area contributed by atoms with Crippen molar-refractivity contribution >= 4 is 0 Å². The van der Waals surface area contributed by atoms with Crippen LogP contribution in [0.25, 0.3) is 0 Å². The second-order valence-corrected chi connectivity index (χ2v) is 3.31. The second kappa shape index (κ2) is 7.17. The first-order valence-electron chi connectivity index (χ1n) is 4.82. The molecule has 0 fully saturated rings. The number of hydrogen-bond donors (Lipinski definition) is 2. The van der Waals surface area contributed by atoms with Gasteiger partial charge in [-0.2, -0.15) is 0 Å². The second-order valence-electron chi connectivity index (χ2n) is 3.31. The van der Waals surface area contributed by atoms with E-state index in [1.165, 1.54) is 12.8 Å². The average Bonchev–Trinajstić information content (AvgIpc) is 2.02. The molecule has 12 heavy (non-hydrogen) atoms. The van der Waals surface area contributed by atoms with E-state index in [2.05, 4.69) is 18.8 Å². The van der Waals surface area contributed by atoms with Gasteiger partial charge in [-0.1, -0.05) is 19.9 Å². The van der Waals surface area contributed by atoms with Crippen molar-refractivity contribution in [2.24, 2.45) is 5.73 Å². The van der Waals surface area contributed by atoms with Gasteiger partial charge < -0.3 is 11.1 Å². The summed E-state index contributed by atoms with van der Waals surface area (Å²) in [6.07, 6.45) is 4.72. The number of unbranched alkanes of at least 4 members (excludes halogenated alkanes) is 1. The zero-order valence-electron chi connectivity index (χ0n) is 8.40. The molecule has 0 aromatic heterocycles. The molecule has 3 N–H and O–H groups in total. The van der Waals surface area contributed by atoms with Crippen molar-refractivity contribution in [1.29, 1.82) is 0 Å². The van der Waals surface area contributed by atoms with Crippen LogP contribution in [0.4, 0.5) is 0 Å². The summed E-state index contributed by atoms with van der Waals surface area (Å²) in [6, 6.07) is 0.592. The third-order valence-electron chi connectivity index (χ3n) is 1.95. The Morgan fingerprint density at radius 3 is 2.58 bits per heavy atom. The molecular weight excluding hydrogens is 148 g/mol. The summed E-state index contributed by atoms with van der Waals surface area (Å²) in [5.74, 6) is 0. The minimum Gasteiger partial charge on any atom is -0.386 e. The minimum absolute atomic E-state index is 0.592. The number of allylic oxidation sites excluding steroid dienone is 1. The van der Waals surface area contributed by atoms with Gasteiger partial charge in [0.1, 0.15) is 0 Å². The van der Waals surface area contributed by atoms with Crippen LogP contribution in [0.15, 0.2) is 12.3 Å². The first-order valence-corrected chi connectivity index (χ1v) is 4.82. The smallest absolute Gasteiger partial charge is 0.0255 e. The summed E-state index contributed by atoms with van der Waals surface area (Å²) >= 11 is 0. The Hall–Kier alpha value is -0.500. The fourth-order valence-electron chi connectivity index (χ4n) is 1.26. The lowest BCUT2D eigenvalue weighted by Gasteiger charge is -2.17. The van der Waals surface area contributed by atoms with Crippen molar-refractivity contribution in [3.63, 3.8) is 0 Å². The molecule has 0 radical (unpaired) electrons. The van der Waals surface area contributed by atoms with Crippen molar-refractivity contribution in [2.45, 2.75) is 45.6 Å². The molecule has 0 bridgehead atoms. The van der Waals surface area contributed by atoms with Gasteiger partial charge >= 0.3 is 0 Å². The number of nitrogens with two attached hydrogens (primary N) is 1. The molecule has 0 saturated carbocycles. The highest BCUT2D eigenvalue weighted by Gasteiger charge is 2.03. The van der Waals surface area contributed by atoms with Crippen LogP contribution in [0.1, 0.15) is 39.5 Å². The SMILES string of the molecule is C=C(C)NC(CC)CCCCN. The molecule has 0 spiro atoms. The van der Waals surface area contributed by atoms with E-state index < -0.39 is 0 Å². The maximum Gasteiger partial charge on any atom is 0.0255 e. The summed E-state index contributed by atoms with van der Waals surface area (Å²) < 4.78 is 0. The topological polar surface area (TPSA) is 38.0 Å². The number of rotatable bonds is 7. The van der Waals surface area contributed by atoms with E-state index in [0.717, 1.165) is 25.1 Å². The van der Waals surface area contributed by atoms with Gasteiger partial charge in [0.15, 0.2) is 0 Å². The Bertz CT molecular complexity index is 121. The lowest BCUT2D eigenvalue weighted by atomic mass is 10.1. The first kappa shape index (κ1) is 11.5. The summed E-state index contributed by atoms with van der Waals surface area (Å²) in [7, 11) is 0. The zero-order valence-corrected chi connectivity index (χ0v) is 8.40. The van der Waals surface area contributed by atoms with Crippen LogP contribution in [-0.2, 0) is 0 Å². The van der Waals surface area contributed by atoms with Crippen LogP contribution in [0, 0.1) is 0 Å². The van der Waals surface area contributed by atoms with Crippen molar-refractivity contribution in [2.75, 3.05) is 6.54 Å². The highest BCUT2D eigenvalue weighted by atomic mass is 14.9. The number of hydrogen-bond acceptors (Lipinski definition) is 2. The standard InChI is InChI=1S/C10H22N2/c1-4-10(12-9(2)3)7-5-6-8-11/h10,12H,2,4-8,11H2,1,3H3. The van der Waals surface area contributed by atoms with Crippen LogP contribution in [0.3, 0.4) is 0 Å². The fraction of sp³-hybridized carbons (Fsp3) is 0.800. The molecular formula is C10H22N2. The third-order valence-corrected chi connectivity index (χ3v) is 1.95. The largest absolute Gasteiger partial charge is 0.386 e. The lowest BCUT2D eigenvalue weighted by molar-refractivity contribution is 0.488. The predicted molar refractivity (Wildman–Crippen MR) is 54.9 cm³/mol. The van der Waals surface area contributed by atoms with Gasteiger partial charge in [-0.3, -0.25) is 0 Å². The summed E-state index contributed by atoms with van der Waals surface area (Å²) in [5.41, 5.74) is 6.48. The molecule has 0 saturated heterocycles. The molecule has 0 aliphatic carbocycles. The summed E-state index contributed by atoms with van der Waals surface area (Å²) in [5, 5.41) is 3.35. The van der Waals surface area contributed by atoms with E-state index in [1.807, 2.05) is 6.92 Å². The number of nitrogens with one attached hydrogen (secondary N) is 1. The monoisotopic (exact) mass is 170 g/mol. The molecule has 2 heteroatoms. The lowest BCUT2D eigenvalue weighted by Crippen LogP contribution is -2.26. The normalized spacial score (nSPS) is 12.6. The third kappa shape index (κ3) is 6.23. The molecule has 72 valence electrons. The Kier molecular flexibility index (Phi) is 6.87. The van der Waals surface area contributed by atoms with Gasteiger partial charge in [0.2, 0.25) is 0 Å². The maximum atomic E-state index is 5.42. The molecule has 0 aliphatic heterocycles. The molecule has 2 nitrogen and oxygen atoms in total. The van der Waals surface area contributed by atoms with Crippen molar-refractivity contribution in [1.82, 2.24) is 5.32 Å². The average molecular weight is 170 g/mol. The molecule has 0 aliphatic rings. The molecule has 0 aromatic carbocycles. The quantitative estimate of drug-likeness (QED) is 0.574. The first-order chi connectivity index (χ1) is 5.70. The van der Waals surface area contributed by atoms with Gasteiger partial charge in [0.25, 0.3) is 0 Å². The highest BCUT2D eigenvalue weighted by Crippen LogP contribution is 2.04. The van der Waals surface area contributed by atoms with Crippen LogP contribution in [0.5, 0.6) is 0 Å².